The largest absolute Gasteiger partial charge is 0.333 e. The molecule has 210 valence electrons. The zero-order valence-corrected chi connectivity index (χ0v) is 24.5. The maximum Gasteiger partial charge on any atom is 0.0560 e. The van der Waals surface area contributed by atoms with Crippen LogP contribution in [0.2, 0.25) is 0 Å². The highest BCUT2D eigenvalue weighted by atomic mass is 15.0. The molecule has 7 aromatic rings. The highest BCUT2D eigenvalue weighted by Crippen LogP contribution is 2.39. The first-order valence-corrected chi connectivity index (χ1v) is 15.7. The van der Waals surface area contributed by atoms with Crippen molar-refractivity contribution < 1.29 is 0 Å². The maximum atomic E-state index is 2.52. The van der Waals surface area contributed by atoms with Crippen molar-refractivity contribution in [3.63, 3.8) is 0 Å². The summed E-state index contributed by atoms with van der Waals surface area (Å²) in [5.74, 6) is 0. The van der Waals surface area contributed by atoms with Gasteiger partial charge in [0.2, 0.25) is 0 Å². The lowest BCUT2D eigenvalue weighted by atomic mass is 9.98. The second kappa shape index (κ2) is 10.1. The topological polar surface area (TPSA) is 9.86 Å². The number of fused-ring (bicyclic) bond motifs is 6. The fraction of sp³-hybridized carbons (Fsp3) is 0.0952. The van der Waals surface area contributed by atoms with Crippen molar-refractivity contribution in [2.45, 2.75) is 25.3 Å². The summed E-state index contributed by atoms with van der Waals surface area (Å²) in [5, 5.41) is 3.96. The zero-order chi connectivity index (χ0) is 29.0. The average Bonchev–Trinajstić information content (AvgIpc) is 3.61. The van der Waals surface area contributed by atoms with Crippen LogP contribution in [0.3, 0.4) is 0 Å². The summed E-state index contributed by atoms with van der Waals surface area (Å²) < 4.78 is 5.00. The minimum atomic E-state index is 0.337. The molecule has 0 N–H and O–H groups in total. The molecule has 5 aromatic carbocycles. The van der Waals surface area contributed by atoms with Gasteiger partial charge in [-0.3, -0.25) is 0 Å². The normalized spacial score (nSPS) is 15.9. The molecule has 2 heterocycles. The van der Waals surface area contributed by atoms with E-state index in [-0.39, 0.29) is 0 Å². The van der Waals surface area contributed by atoms with Crippen LogP contribution in [0.15, 0.2) is 146 Å². The number of para-hydroxylation sites is 1. The second-order valence-corrected chi connectivity index (χ2v) is 12.0. The van der Waals surface area contributed by atoms with Gasteiger partial charge < -0.3 is 9.13 Å². The van der Waals surface area contributed by atoms with Gasteiger partial charge in [0.1, 0.15) is 0 Å². The Morgan fingerprint density at radius 3 is 2.07 bits per heavy atom. The Hall–Kier alpha value is -5.34. The molecule has 2 heteroatoms. The molecule has 0 aliphatic heterocycles. The summed E-state index contributed by atoms with van der Waals surface area (Å²) in [6.45, 7) is 0. The van der Waals surface area contributed by atoms with Gasteiger partial charge in [-0.15, -0.1) is 0 Å². The lowest BCUT2D eigenvalue weighted by Gasteiger charge is -2.18. The molecule has 2 aliphatic rings. The number of benzene rings is 5. The van der Waals surface area contributed by atoms with Crippen LogP contribution in [-0.4, -0.2) is 9.13 Å². The predicted octanol–water partition coefficient (Wildman–Crippen LogP) is 11.1. The molecular formula is C42H32N2. The lowest BCUT2D eigenvalue weighted by Crippen LogP contribution is -2.06. The van der Waals surface area contributed by atoms with Crippen molar-refractivity contribution >= 4 is 38.8 Å². The Morgan fingerprint density at radius 2 is 1.25 bits per heavy atom. The second-order valence-electron chi connectivity index (χ2n) is 12.0. The number of hydrogen-bond donors (Lipinski definition) is 0. The van der Waals surface area contributed by atoms with E-state index in [2.05, 4.69) is 161 Å². The van der Waals surface area contributed by atoms with Crippen LogP contribution in [0, 0.1) is 0 Å². The number of aromatic nitrogens is 2. The quantitative estimate of drug-likeness (QED) is 0.201. The van der Waals surface area contributed by atoms with E-state index in [4.69, 9.17) is 0 Å². The molecule has 2 aliphatic carbocycles. The van der Waals surface area contributed by atoms with E-state index in [9.17, 15) is 0 Å². The molecule has 0 bridgehead atoms. The van der Waals surface area contributed by atoms with Crippen LogP contribution in [0.5, 0.6) is 0 Å². The molecule has 1 unspecified atom stereocenters. The molecule has 1 atom stereocenters. The third-order valence-corrected chi connectivity index (χ3v) is 9.51. The van der Waals surface area contributed by atoms with Crippen molar-refractivity contribution in [2.24, 2.45) is 0 Å². The SMILES string of the molecule is C1=CCC(n2c3ccccc3c3cc(-c4ccc5c(c4)c4c(n5-c5ccc(-c6ccccc6)cc5)CCC=C4)ccc32)C=C1. The van der Waals surface area contributed by atoms with E-state index in [0.29, 0.717) is 6.04 Å². The van der Waals surface area contributed by atoms with E-state index in [1.165, 1.54) is 71.9 Å². The molecule has 0 amide bonds. The van der Waals surface area contributed by atoms with Gasteiger partial charge in [0, 0.05) is 44.1 Å². The van der Waals surface area contributed by atoms with Gasteiger partial charge in [-0.25, -0.2) is 0 Å². The third-order valence-electron chi connectivity index (χ3n) is 9.51. The molecule has 2 nitrogen and oxygen atoms in total. The number of nitrogens with zero attached hydrogens (tertiary/aromatic N) is 2. The molecule has 0 saturated carbocycles. The van der Waals surface area contributed by atoms with Crippen LogP contribution < -0.4 is 0 Å². The third kappa shape index (κ3) is 3.95. The number of allylic oxidation sites excluding steroid dienone is 5. The van der Waals surface area contributed by atoms with Crippen LogP contribution in [0.1, 0.15) is 30.1 Å². The molecule has 0 spiro atoms. The first kappa shape index (κ1) is 25.2. The van der Waals surface area contributed by atoms with Crippen molar-refractivity contribution in [3.8, 4) is 27.9 Å². The average molecular weight is 565 g/mol. The summed E-state index contributed by atoms with van der Waals surface area (Å²) >= 11 is 0. The summed E-state index contributed by atoms with van der Waals surface area (Å²) in [6, 6.07) is 42.9. The Balaban J connectivity index is 1.17. The summed E-state index contributed by atoms with van der Waals surface area (Å²) in [4.78, 5) is 0. The van der Waals surface area contributed by atoms with Gasteiger partial charge in [0.15, 0.2) is 0 Å². The zero-order valence-electron chi connectivity index (χ0n) is 24.5. The highest BCUT2D eigenvalue weighted by molar-refractivity contribution is 6.10. The van der Waals surface area contributed by atoms with Gasteiger partial charge in [-0.2, -0.15) is 0 Å². The van der Waals surface area contributed by atoms with Gasteiger partial charge in [0.25, 0.3) is 0 Å². The van der Waals surface area contributed by atoms with Crippen LogP contribution in [-0.2, 0) is 6.42 Å². The molecule has 0 saturated heterocycles. The molecule has 9 rings (SSSR count). The van der Waals surface area contributed by atoms with Crippen LogP contribution >= 0.6 is 0 Å². The van der Waals surface area contributed by atoms with Crippen molar-refractivity contribution in [3.05, 3.63) is 157 Å². The first-order valence-electron chi connectivity index (χ1n) is 15.7. The summed E-state index contributed by atoms with van der Waals surface area (Å²) in [6.07, 6.45) is 16.7. The minimum absolute atomic E-state index is 0.337. The fourth-order valence-electron chi connectivity index (χ4n) is 7.43. The van der Waals surface area contributed by atoms with Gasteiger partial charge in [-0.1, -0.05) is 109 Å². The smallest absolute Gasteiger partial charge is 0.0560 e. The molecule has 44 heavy (non-hydrogen) atoms. The fourth-order valence-corrected chi connectivity index (χ4v) is 7.43. The monoisotopic (exact) mass is 564 g/mol. The van der Waals surface area contributed by atoms with Gasteiger partial charge in [0.05, 0.1) is 11.6 Å². The summed E-state index contributed by atoms with van der Waals surface area (Å²) in [5.41, 5.74) is 12.9. The van der Waals surface area contributed by atoms with Gasteiger partial charge >= 0.3 is 0 Å². The Bertz CT molecular complexity index is 2290. The van der Waals surface area contributed by atoms with Gasteiger partial charge in [-0.05, 0) is 84.0 Å². The van der Waals surface area contributed by atoms with E-state index in [1.54, 1.807) is 0 Å². The first-order chi connectivity index (χ1) is 21.8. The summed E-state index contributed by atoms with van der Waals surface area (Å²) in [7, 11) is 0. The molecule has 0 radical (unpaired) electrons. The van der Waals surface area contributed by atoms with Crippen LogP contribution in [0.25, 0.3) is 66.7 Å². The highest BCUT2D eigenvalue weighted by Gasteiger charge is 2.21. The predicted molar refractivity (Wildman–Crippen MR) is 186 cm³/mol. The lowest BCUT2D eigenvalue weighted by molar-refractivity contribution is 0.648. The maximum absolute atomic E-state index is 2.52. The molecule has 0 fully saturated rings. The van der Waals surface area contributed by atoms with E-state index in [0.717, 1.165) is 19.3 Å². The van der Waals surface area contributed by atoms with Crippen molar-refractivity contribution in [1.82, 2.24) is 9.13 Å². The minimum Gasteiger partial charge on any atom is -0.333 e. The number of hydrogen-bond acceptors (Lipinski definition) is 0. The Kier molecular flexibility index (Phi) is 5.80. The van der Waals surface area contributed by atoms with Crippen molar-refractivity contribution in [1.29, 1.82) is 0 Å². The Morgan fingerprint density at radius 1 is 0.545 bits per heavy atom. The van der Waals surface area contributed by atoms with Crippen molar-refractivity contribution in [2.75, 3.05) is 0 Å². The number of rotatable bonds is 4. The van der Waals surface area contributed by atoms with Crippen LogP contribution in [0.4, 0.5) is 0 Å². The molecular weight excluding hydrogens is 532 g/mol. The standard InChI is InChI=1S/C42H32N2/c1-3-11-29(12-4-1)30-19-23-34(24-20-30)44-40-18-10-8-16-36(40)38-28-32(22-26-42(38)44)31-21-25-41-37(27-31)35-15-7-9-17-39(35)43(41)33-13-5-2-6-14-33/h1-9,11-13,15-17,19-28,33H,10,14,18H2. The van der Waals surface area contributed by atoms with E-state index < -0.39 is 0 Å². The van der Waals surface area contributed by atoms with E-state index in [1.807, 2.05) is 0 Å². The molecule has 2 aromatic heterocycles. The Labute approximate surface area is 257 Å². The van der Waals surface area contributed by atoms with E-state index >= 15 is 0 Å².